The maximum Gasteiger partial charge on any atom is 0.306 e. The first-order chi connectivity index (χ1) is 19.0. The van der Waals surface area contributed by atoms with Crippen LogP contribution in [0.2, 0.25) is 0 Å². The molecule has 0 aliphatic heterocycles. The maximum atomic E-state index is 10.0. The number of carboxylic acid groups (broad SMARTS) is 2. The van der Waals surface area contributed by atoms with E-state index in [2.05, 4.69) is 77.7 Å². The predicted octanol–water partition coefficient (Wildman–Crippen LogP) is 5.90. The molecule has 3 aromatic rings. The summed E-state index contributed by atoms with van der Waals surface area (Å²) in [5.74, 6) is -0.958. The van der Waals surface area contributed by atoms with Crippen LogP contribution in [0, 0.1) is 0 Å². The summed E-state index contributed by atoms with van der Waals surface area (Å²) >= 11 is 6.21. The van der Waals surface area contributed by atoms with Gasteiger partial charge in [0.2, 0.25) is 0 Å². The molecule has 0 aromatic heterocycles. The highest BCUT2D eigenvalue weighted by Gasteiger charge is 2.27. The van der Waals surface area contributed by atoms with Crippen molar-refractivity contribution in [2.45, 2.75) is 31.8 Å². The highest BCUT2D eigenvalue weighted by molar-refractivity contribution is 6.18. The lowest BCUT2D eigenvalue weighted by molar-refractivity contribution is -0.147. The van der Waals surface area contributed by atoms with Crippen molar-refractivity contribution in [3.8, 4) is 5.75 Å². The third-order valence-electron chi connectivity index (χ3n) is 5.85. The SMILES string of the molecule is CC(O)(CC(=O)O)CC(=O)O.CN(C)CCOc1ccc(/C(=C(/CCCl)c2ccccc2)c2ccccc2)cc1. The molecule has 0 fully saturated rings. The zero-order chi connectivity index (χ0) is 29.5. The third-order valence-corrected chi connectivity index (χ3v) is 6.03. The minimum atomic E-state index is -1.66. The number of ether oxygens (including phenoxy) is 1. The van der Waals surface area contributed by atoms with E-state index < -0.39 is 30.4 Å². The lowest BCUT2D eigenvalue weighted by Crippen LogP contribution is -2.30. The average Bonchev–Trinajstić information content (AvgIpc) is 2.89. The van der Waals surface area contributed by atoms with Crippen LogP contribution in [0.4, 0.5) is 0 Å². The summed E-state index contributed by atoms with van der Waals surface area (Å²) in [6.45, 7) is 2.75. The standard InChI is InChI=1S/C26H28ClNO.C6H10O5/c1-28(2)19-20-29-24-15-13-23(14-16-24)26(22-11-7-4-8-12-22)25(17-18-27)21-9-5-3-6-10-21;1-6(11,2-4(7)8)3-5(9)10/h3-16H,17-20H2,1-2H3;11H,2-3H2,1H3,(H,7,8)(H,9,10)/b26-25-;. The predicted molar refractivity (Wildman–Crippen MR) is 160 cm³/mol. The molecule has 3 aromatic carbocycles. The number of hydrogen-bond donors (Lipinski definition) is 3. The number of aliphatic hydroxyl groups is 1. The third kappa shape index (κ3) is 11.6. The fraction of sp³-hybridized carbons (Fsp3) is 0.312. The molecule has 0 bridgehead atoms. The van der Waals surface area contributed by atoms with E-state index in [1.54, 1.807) is 0 Å². The van der Waals surface area contributed by atoms with Gasteiger partial charge < -0.3 is 25.0 Å². The lowest BCUT2D eigenvalue weighted by Gasteiger charge is -2.17. The molecular weight excluding hydrogens is 530 g/mol. The van der Waals surface area contributed by atoms with Gasteiger partial charge in [-0.2, -0.15) is 0 Å². The molecule has 0 spiro atoms. The Balaban J connectivity index is 0.000000432. The molecule has 0 aliphatic carbocycles. The second-order valence-electron chi connectivity index (χ2n) is 9.84. The number of likely N-dealkylation sites (N-methyl/N-ethyl adjacent to an activating group) is 1. The van der Waals surface area contributed by atoms with Crippen molar-refractivity contribution >= 4 is 34.7 Å². The van der Waals surface area contributed by atoms with E-state index in [1.165, 1.54) is 34.8 Å². The van der Waals surface area contributed by atoms with Crippen LogP contribution < -0.4 is 4.74 Å². The number of aliphatic carboxylic acids is 2. The van der Waals surface area contributed by atoms with E-state index in [0.717, 1.165) is 18.7 Å². The Morgan fingerprint density at radius 2 is 1.27 bits per heavy atom. The van der Waals surface area contributed by atoms with Crippen LogP contribution in [0.25, 0.3) is 11.1 Å². The van der Waals surface area contributed by atoms with Crippen LogP contribution in [-0.4, -0.2) is 70.9 Å². The Labute approximate surface area is 241 Å². The van der Waals surface area contributed by atoms with Gasteiger partial charge in [0.15, 0.2) is 0 Å². The van der Waals surface area contributed by atoms with Gasteiger partial charge in [0.05, 0.1) is 18.4 Å². The summed E-state index contributed by atoms with van der Waals surface area (Å²) in [4.78, 5) is 22.2. The van der Waals surface area contributed by atoms with Crippen LogP contribution in [0.15, 0.2) is 84.9 Å². The van der Waals surface area contributed by atoms with Gasteiger partial charge in [-0.1, -0.05) is 72.8 Å². The fourth-order valence-electron chi connectivity index (χ4n) is 4.05. The Hall–Kier alpha value is -3.65. The minimum Gasteiger partial charge on any atom is -0.492 e. The molecule has 0 amide bonds. The summed E-state index contributed by atoms with van der Waals surface area (Å²) in [6, 6.07) is 29.4. The normalized spacial score (nSPS) is 11.8. The summed E-state index contributed by atoms with van der Waals surface area (Å²) in [6.07, 6.45) is -0.310. The summed E-state index contributed by atoms with van der Waals surface area (Å²) in [5.41, 5.74) is 4.39. The van der Waals surface area contributed by atoms with E-state index in [-0.39, 0.29) is 0 Å². The molecule has 7 nitrogen and oxygen atoms in total. The molecule has 0 aliphatic rings. The zero-order valence-electron chi connectivity index (χ0n) is 23.2. The molecule has 0 saturated carbocycles. The summed E-state index contributed by atoms with van der Waals surface area (Å²) < 4.78 is 5.87. The molecule has 0 saturated heterocycles. The molecule has 0 atom stereocenters. The van der Waals surface area contributed by atoms with Crippen molar-refractivity contribution < 1.29 is 29.6 Å². The summed E-state index contributed by atoms with van der Waals surface area (Å²) in [5, 5.41) is 25.5. The average molecular weight is 568 g/mol. The van der Waals surface area contributed by atoms with Crippen molar-refractivity contribution in [1.82, 2.24) is 4.90 Å². The van der Waals surface area contributed by atoms with Crippen molar-refractivity contribution in [3.63, 3.8) is 0 Å². The molecule has 0 unspecified atom stereocenters. The quantitative estimate of drug-likeness (QED) is 0.174. The van der Waals surface area contributed by atoms with Crippen molar-refractivity contribution in [3.05, 3.63) is 102 Å². The molecule has 0 radical (unpaired) electrons. The Bertz CT molecular complexity index is 1210. The Kier molecular flexibility index (Phi) is 13.4. The second kappa shape index (κ2) is 16.5. The fourth-order valence-corrected chi connectivity index (χ4v) is 4.23. The molecule has 0 heterocycles. The van der Waals surface area contributed by atoms with E-state index >= 15 is 0 Å². The molecule has 40 heavy (non-hydrogen) atoms. The van der Waals surface area contributed by atoms with E-state index in [9.17, 15) is 9.59 Å². The van der Waals surface area contributed by atoms with Crippen LogP contribution in [0.5, 0.6) is 5.75 Å². The molecule has 8 heteroatoms. The summed E-state index contributed by atoms with van der Waals surface area (Å²) in [7, 11) is 4.09. The Morgan fingerprint density at radius 1 is 0.800 bits per heavy atom. The number of rotatable bonds is 13. The van der Waals surface area contributed by atoms with Gasteiger partial charge in [-0.15, -0.1) is 11.6 Å². The zero-order valence-corrected chi connectivity index (χ0v) is 24.0. The first-order valence-corrected chi connectivity index (χ1v) is 13.5. The van der Waals surface area contributed by atoms with Gasteiger partial charge in [0.1, 0.15) is 12.4 Å². The molecular formula is C32H38ClNO6. The minimum absolute atomic E-state index is 0.556. The van der Waals surface area contributed by atoms with Gasteiger partial charge in [-0.3, -0.25) is 9.59 Å². The molecule has 3 rings (SSSR count). The van der Waals surface area contributed by atoms with E-state index in [0.29, 0.717) is 12.5 Å². The number of hydrogen-bond acceptors (Lipinski definition) is 5. The van der Waals surface area contributed by atoms with E-state index in [1.807, 2.05) is 26.2 Å². The van der Waals surface area contributed by atoms with E-state index in [4.69, 9.17) is 31.7 Å². The second-order valence-corrected chi connectivity index (χ2v) is 10.2. The first kappa shape index (κ1) is 32.6. The number of carboxylic acids is 2. The van der Waals surface area contributed by atoms with Crippen LogP contribution in [0.1, 0.15) is 42.9 Å². The molecule has 3 N–H and O–H groups in total. The topological polar surface area (TPSA) is 107 Å². The van der Waals surface area contributed by atoms with Crippen molar-refractivity contribution in [2.24, 2.45) is 0 Å². The van der Waals surface area contributed by atoms with Gasteiger partial charge in [-0.25, -0.2) is 0 Å². The number of halogens is 1. The highest BCUT2D eigenvalue weighted by Crippen LogP contribution is 2.35. The number of carbonyl (C=O) groups is 2. The molecule has 214 valence electrons. The van der Waals surface area contributed by atoms with Gasteiger partial charge >= 0.3 is 11.9 Å². The Morgan fingerprint density at radius 3 is 1.73 bits per heavy atom. The lowest BCUT2D eigenvalue weighted by atomic mass is 9.88. The van der Waals surface area contributed by atoms with Crippen molar-refractivity contribution in [1.29, 1.82) is 0 Å². The smallest absolute Gasteiger partial charge is 0.306 e. The van der Waals surface area contributed by atoms with Crippen LogP contribution >= 0.6 is 11.6 Å². The monoisotopic (exact) mass is 567 g/mol. The first-order valence-electron chi connectivity index (χ1n) is 13.0. The number of alkyl halides is 1. The number of benzene rings is 3. The van der Waals surface area contributed by atoms with Gasteiger partial charge in [-0.05, 0) is 67.4 Å². The van der Waals surface area contributed by atoms with Crippen LogP contribution in [-0.2, 0) is 9.59 Å². The maximum absolute atomic E-state index is 10.0. The van der Waals surface area contributed by atoms with Crippen molar-refractivity contribution in [2.75, 3.05) is 33.1 Å². The van der Waals surface area contributed by atoms with Gasteiger partial charge in [0, 0.05) is 12.4 Å². The van der Waals surface area contributed by atoms with Gasteiger partial charge in [0.25, 0.3) is 0 Å². The largest absolute Gasteiger partial charge is 0.492 e. The number of allylic oxidation sites excluding steroid dienone is 1. The number of nitrogens with zero attached hydrogens (tertiary/aromatic N) is 1. The van der Waals surface area contributed by atoms with Crippen LogP contribution in [0.3, 0.4) is 0 Å². The highest BCUT2D eigenvalue weighted by atomic mass is 35.5.